The van der Waals surface area contributed by atoms with E-state index in [0.29, 0.717) is 39.0 Å². The van der Waals surface area contributed by atoms with Crippen LogP contribution in [0.4, 0.5) is 11.4 Å². The fraction of sp³-hybridized carbons (Fsp3) is 0.192. The monoisotopic (exact) mass is 558 g/mol. The SMILES string of the molecule is COc1ccccc1NC(=O)COc1ccc(/C=N\NC(=O)CN(c2cccc(Cl)c2C)S(C)(=O)=O)cc1. The van der Waals surface area contributed by atoms with Crippen molar-refractivity contribution in [2.75, 3.05) is 36.1 Å². The van der Waals surface area contributed by atoms with Crippen LogP contribution < -0.4 is 24.5 Å². The highest BCUT2D eigenvalue weighted by Gasteiger charge is 2.23. The number of hydrogen-bond acceptors (Lipinski definition) is 7. The topological polar surface area (TPSA) is 126 Å². The molecule has 38 heavy (non-hydrogen) atoms. The Kier molecular flexibility index (Phi) is 9.69. The molecule has 0 bridgehead atoms. The number of ether oxygens (including phenoxy) is 2. The Bertz CT molecular complexity index is 1430. The standard InChI is InChI=1S/C26H27ClN4O6S/c1-18-21(27)7-6-9-23(18)31(38(3,34)35)16-25(32)30-28-15-19-11-13-20(14-12-19)37-17-26(33)29-22-8-4-5-10-24(22)36-2/h4-15H,16-17H2,1-3H3,(H,29,33)(H,30,32)/b28-15-. The normalized spacial score (nSPS) is 11.2. The van der Waals surface area contributed by atoms with Crippen LogP contribution in [0.15, 0.2) is 71.8 Å². The van der Waals surface area contributed by atoms with Crippen LogP contribution in [-0.4, -0.2) is 53.0 Å². The van der Waals surface area contributed by atoms with E-state index in [1.807, 2.05) is 0 Å². The molecule has 0 saturated heterocycles. The highest BCUT2D eigenvalue weighted by molar-refractivity contribution is 7.92. The second-order valence-corrected chi connectivity index (χ2v) is 10.4. The number of carbonyl (C=O) groups is 2. The zero-order chi connectivity index (χ0) is 27.7. The molecule has 0 radical (unpaired) electrons. The van der Waals surface area contributed by atoms with Gasteiger partial charge in [0, 0.05) is 5.02 Å². The molecule has 10 nitrogen and oxygen atoms in total. The van der Waals surface area contributed by atoms with Crippen LogP contribution in [0.25, 0.3) is 0 Å². The van der Waals surface area contributed by atoms with Gasteiger partial charge in [0.2, 0.25) is 10.0 Å². The van der Waals surface area contributed by atoms with Crippen LogP contribution in [0.2, 0.25) is 5.02 Å². The van der Waals surface area contributed by atoms with Gasteiger partial charge in [0.1, 0.15) is 18.0 Å². The lowest BCUT2D eigenvalue weighted by atomic mass is 10.2. The number of amides is 2. The van der Waals surface area contributed by atoms with Crippen LogP contribution in [0.5, 0.6) is 11.5 Å². The number of methoxy groups -OCH3 is 1. The van der Waals surface area contributed by atoms with Gasteiger partial charge in [0.15, 0.2) is 6.61 Å². The molecule has 0 fully saturated rings. The summed E-state index contributed by atoms with van der Waals surface area (Å²) in [7, 11) is -2.24. The van der Waals surface area contributed by atoms with E-state index in [0.717, 1.165) is 10.6 Å². The number of rotatable bonds is 11. The van der Waals surface area contributed by atoms with E-state index in [4.69, 9.17) is 21.1 Å². The Hall–Kier alpha value is -4.09. The molecule has 0 heterocycles. The average Bonchev–Trinajstić information content (AvgIpc) is 2.88. The zero-order valence-electron chi connectivity index (χ0n) is 21.0. The molecule has 0 aliphatic carbocycles. The summed E-state index contributed by atoms with van der Waals surface area (Å²) in [6.07, 6.45) is 2.40. The summed E-state index contributed by atoms with van der Waals surface area (Å²) in [6, 6.07) is 18.5. The number of nitrogens with zero attached hydrogens (tertiary/aromatic N) is 2. The number of benzene rings is 3. The van der Waals surface area contributed by atoms with Crippen LogP contribution in [0.1, 0.15) is 11.1 Å². The van der Waals surface area contributed by atoms with Gasteiger partial charge in [-0.1, -0.05) is 29.8 Å². The van der Waals surface area contributed by atoms with Crippen molar-refractivity contribution >= 4 is 51.0 Å². The molecule has 2 N–H and O–H groups in total. The smallest absolute Gasteiger partial charge is 0.262 e. The summed E-state index contributed by atoms with van der Waals surface area (Å²) < 4.78 is 36.3. The van der Waals surface area contributed by atoms with Gasteiger partial charge < -0.3 is 14.8 Å². The van der Waals surface area contributed by atoms with Crippen LogP contribution in [-0.2, 0) is 19.6 Å². The molecule has 0 aliphatic rings. The number of carbonyl (C=O) groups excluding carboxylic acids is 2. The van der Waals surface area contributed by atoms with Crippen molar-refractivity contribution in [3.8, 4) is 11.5 Å². The number of halogens is 1. The highest BCUT2D eigenvalue weighted by Crippen LogP contribution is 2.28. The molecule has 0 atom stereocenters. The van der Waals surface area contributed by atoms with Gasteiger partial charge in [-0.25, -0.2) is 13.8 Å². The van der Waals surface area contributed by atoms with E-state index < -0.39 is 22.5 Å². The quantitative estimate of drug-likeness (QED) is 0.273. The fourth-order valence-corrected chi connectivity index (χ4v) is 4.40. The number of para-hydroxylation sites is 2. The summed E-state index contributed by atoms with van der Waals surface area (Å²) in [4.78, 5) is 24.6. The predicted molar refractivity (Wildman–Crippen MR) is 148 cm³/mol. The molecule has 3 aromatic carbocycles. The van der Waals surface area contributed by atoms with E-state index in [-0.39, 0.29) is 12.5 Å². The predicted octanol–water partition coefficient (Wildman–Crippen LogP) is 3.59. The largest absolute Gasteiger partial charge is 0.495 e. The first kappa shape index (κ1) is 28.5. The first-order valence-electron chi connectivity index (χ1n) is 11.3. The molecule has 0 aliphatic heterocycles. The Labute approximate surface area is 226 Å². The number of anilines is 2. The third-order valence-corrected chi connectivity index (χ3v) is 6.77. The number of hydrogen-bond donors (Lipinski definition) is 2. The lowest BCUT2D eigenvalue weighted by Gasteiger charge is -2.23. The van der Waals surface area contributed by atoms with Crippen molar-refractivity contribution < 1.29 is 27.5 Å². The highest BCUT2D eigenvalue weighted by atomic mass is 35.5. The van der Waals surface area contributed by atoms with Crippen molar-refractivity contribution in [2.24, 2.45) is 5.10 Å². The maximum atomic E-state index is 12.4. The van der Waals surface area contributed by atoms with Crippen LogP contribution in [0.3, 0.4) is 0 Å². The lowest BCUT2D eigenvalue weighted by Crippen LogP contribution is -2.39. The molecular formula is C26H27ClN4O6S. The van der Waals surface area contributed by atoms with E-state index in [9.17, 15) is 18.0 Å². The lowest BCUT2D eigenvalue weighted by molar-refractivity contribution is -0.119. The summed E-state index contributed by atoms with van der Waals surface area (Å²) in [5.74, 6) is 0.0215. The Morgan fingerprint density at radius 3 is 2.42 bits per heavy atom. The molecule has 0 aromatic heterocycles. The van der Waals surface area contributed by atoms with Crippen molar-refractivity contribution in [3.05, 3.63) is 82.9 Å². The van der Waals surface area contributed by atoms with Gasteiger partial charge in [-0.3, -0.25) is 13.9 Å². The summed E-state index contributed by atoms with van der Waals surface area (Å²) >= 11 is 6.11. The minimum Gasteiger partial charge on any atom is -0.495 e. The van der Waals surface area contributed by atoms with Crippen LogP contribution in [0, 0.1) is 6.92 Å². The molecule has 3 aromatic rings. The summed E-state index contributed by atoms with van der Waals surface area (Å²) in [5, 5.41) is 7.00. The van der Waals surface area contributed by atoms with Crippen molar-refractivity contribution in [1.82, 2.24) is 5.43 Å². The van der Waals surface area contributed by atoms with Crippen molar-refractivity contribution in [3.63, 3.8) is 0 Å². The number of sulfonamides is 1. The Morgan fingerprint density at radius 2 is 1.74 bits per heavy atom. The summed E-state index contributed by atoms with van der Waals surface area (Å²) in [5.41, 5.74) is 4.35. The van der Waals surface area contributed by atoms with Crippen molar-refractivity contribution in [1.29, 1.82) is 0 Å². The first-order chi connectivity index (χ1) is 18.1. The molecule has 0 unspecified atom stereocenters. The Balaban J connectivity index is 1.52. The van der Waals surface area contributed by atoms with Crippen molar-refractivity contribution in [2.45, 2.75) is 6.92 Å². The van der Waals surface area contributed by atoms with Gasteiger partial charge in [0.05, 0.1) is 31.0 Å². The van der Waals surface area contributed by atoms with Gasteiger partial charge >= 0.3 is 0 Å². The van der Waals surface area contributed by atoms with Gasteiger partial charge in [-0.2, -0.15) is 5.10 Å². The number of nitrogens with one attached hydrogen (secondary N) is 2. The molecule has 0 saturated carbocycles. The molecule has 2 amide bonds. The van der Waals surface area contributed by atoms with Gasteiger partial charge in [-0.15, -0.1) is 0 Å². The molecule has 3 rings (SSSR count). The molecule has 0 spiro atoms. The molecule has 200 valence electrons. The third-order valence-electron chi connectivity index (χ3n) is 5.23. The van der Waals surface area contributed by atoms with E-state index >= 15 is 0 Å². The van der Waals surface area contributed by atoms with E-state index in [1.165, 1.54) is 13.3 Å². The molecule has 12 heteroatoms. The third kappa shape index (κ3) is 7.95. The maximum absolute atomic E-state index is 12.4. The first-order valence-corrected chi connectivity index (χ1v) is 13.5. The number of hydrazone groups is 1. The Morgan fingerprint density at radius 1 is 1.03 bits per heavy atom. The fourth-order valence-electron chi connectivity index (χ4n) is 3.33. The zero-order valence-corrected chi connectivity index (χ0v) is 22.5. The summed E-state index contributed by atoms with van der Waals surface area (Å²) in [6.45, 7) is 0.998. The average molecular weight is 559 g/mol. The van der Waals surface area contributed by atoms with Crippen LogP contribution >= 0.6 is 11.6 Å². The van der Waals surface area contributed by atoms with E-state index in [2.05, 4.69) is 15.8 Å². The second-order valence-electron chi connectivity index (χ2n) is 8.05. The second kappa shape index (κ2) is 12.9. The van der Waals surface area contributed by atoms with Gasteiger partial charge in [0.25, 0.3) is 11.8 Å². The van der Waals surface area contributed by atoms with Gasteiger partial charge in [-0.05, 0) is 66.6 Å². The minimum absolute atomic E-state index is 0.204. The van der Waals surface area contributed by atoms with E-state index in [1.54, 1.807) is 73.7 Å². The molecular weight excluding hydrogens is 532 g/mol. The minimum atomic E-state index is -3.75. The maximum Gasteiger partial charge on any atom is 0.262 e.